The maximum absolute atomic E-state index is 13.6. The van der Waals surface area contributed by atoms with Crippen molar-refractivity contribution in [2.75, 3.05) is 7.11 Å². The SMILES string of the molecule is COc1cc(C(NN)c2cccc(F)c2Br)ccc1Cl. The molecular weight excluding hydrogens is 347 g/mol. The number of ether oxygens (including phenoxy) is 1. The molecule has 0 aromatic heterocycles. The Balaban J connectivity index is 2.49. The second-order valence-electron chi connectivity index (χ2n) is 4.14. The zero-order valence-corrected chi connectivity index (χ0v) is 13.0. The standard InChI is InChI=1S/C14H13BrClFN2O/c1-20-12-7-8(5-6-10(12)16)14(19-18)9-3-2-4-11(17)13(9)15/h2-7,14,19H,18H2,1H3. The normalized spacial score (nSPS) is 12.2. The first-order valence-corrected chi connectivity index (χ1v) is 6.99. The van der Waals surface area contributed by atoms with Gasteiger partial charge in [-0.3, -0.25) is 5.84 Å². The summed E-state index contributed by atoms with van der Waals surface area (Å²) in [4.78, 5) is 0. The van der Waals surface area contributed by atoms with Crippen molar-refractivity contribution in [2.24, 2.45) is 5.84 Å². The lowest BCUT2D eigenvalue weighted by Gasteiger charge is -2.19. The lowest BCUT2D eigenvalue weighted by atomic mass is 9.99. The van der Waals surface area contributed by atoms with Crippen LogP contribution in [0.2, 0.25) is 5.02 Å². The molecule has 3 N–H and O–H groups in total. The Hall–Kier alpha value is -1.14. The summed E-state index contributed by atoms with van der Waals surface area (Å²) in [5, 5.41) is 0.505. The molecule has 0 saturated heterocycles. The molecule has 6 heteroatoms. The predicted octanol–water partition coefficient (Wildman–Crippen LogP) is 3.80. The molecule has 2 aromatic rings. The van der Waals surface area contributed by atoms with Gasteiger partial charge in [0.15, 0.2) is 0 Å². The Morgan fingerprint density at radius 3 is 2.75 bits per heavy atom. The molecule has 0 aliphatic rings. The Morgan fingerprint density at radius 2 is 2.10 bits per heavy atom. The molecule has 3 nitrogen and oxygen atoms in total. The van der Waals surface area contributed by atoms with Gasteiger partial charge in [-0.15, -0.1) is 0 Å². The van der Waals surface area contributed by atoms with Crippen molar-refractivity contribution in [3.05, 3.63) is 62.8 Å². The van der Waals surface area contributed by atoms with Crippen molar-refractivity contribution < 1.29 is 9.13 Å². The lowest BCUT2D eigenvalue weighted by molar-refractivity contribution is 0.414. The molecule has 0 amide bonds. The predicted molar refractivity (Wildman–Crippen MR) is 81.3 cm³/mol. The Bertz CT molecular complexity index is 624. The van der Waals surface area contributed by atoms with Crippen molar-refractivity contribution in [2.45, 2.75) is 6.04 Å². The van der Waals surface area contributed by atoms with E-state index in [0.717, 1.165) is 5.56 Å². The van der Waals surface area contributed by atoms with Crippen LogP contribution in [-0.2, 0) is 0 Å². The van der Waals surface area contributed by atoms with Crippen molar-refractivity contribution >= 4 is 27.5 Å². The van der Waals surface area contributed by atoms with Gasteiger partial charge >= 0.3 is 0 Å². The Labute approximate surface area is 130 Å². The van der Waals surface area contributed by atoms with E-state index in [0.29, 0.717) is 20.8 Å². The molecule has 0 saturated carbocycles. The summed E-state index contributed by atoms with van der Waals surface area (Å²) < 4.78 is 19.2. The molecule has 2 rings (SSSR count). The van der Waals surface area contributed by atoms with E-state index < -0.39 is 0 Å². The second-order valence-corrected chi connectivity index (χ2v) is 5.34. The third-order valence-corrected chi connectivity index (χ3v) is 4.12. The summed E-state index contributed by atoms with van der Waals surface area (Å²) in [6.07, 6.45) is 0. The fourth-order valence-corrected chi connectivity index (χ4v) is 2.65. The molecule has 2 aromatic carbocycles. The zero-order chi connectivity index (χ0) is 14.7. The van der Waals surface area contributed by atoms with Crippen LogP contribution >= 0.6 is 27.5 Å². The molecular formula is C14H13BrClFN2O. The minimum atomic E-state index is -0.383. The fraction of sp³-hybridized carbons (Fsp3) is 0.143. The molecule has 0 fully saturated rings. The first-order chi connectivity index (χ1) is 9.58. The van der Waals surface area contributed by atoms with Crippen LogP contribution in [0.1, 0.15) is 17.2 Å². The molecule has 0 radical (unpaired) electrons. The first-order valence-electron chi connectivity index (χ1n) is 5.82. The minimum Gasteiger partial charge on any atom is -0.495 e. The van der Waals surface area contributed by atoms with E-state index in [1.165, 1.54) is 13.2 Å². The smallest absolute Gasteiger partial charge is 0.137 e. The van der Waals surface area contributed by atoms with E-state index in [4.69, 9.17) is 22.2 Å². The maximum atomic E-state index is 13.6. The average molecular weight is 360 g/mol. The van der Waals surface area contributed by atoms with E-state index in [2.05, 4.69) is 21.4 Å². The Kier molecular flexibility index (Phi) is 4.99. The molecule has 106 valence electrons. The molecule has 0 aliphatic heterocycles. The third kappa shape index (κ3) is 2.96. The number of halogens is 3. The van der Waals surface area contributed by atoms with Crippen LogP contribution in [0, 0.1) is 5.82 Å². The van der Waals surface area contributed by atoms with Crippen LogP contribution in [0.5, 0.6) is 5.75 Å². The summed E-state index contributed by atoms with van der Waals surface area (Å²) >= 11 is 9.24. The van der Waals surface area contributed by atoms with Gasteiger partial charge in [0.05, 0.1) is 22.6 Å². The van der Waals surface area contributed by atoms with Crippen molar-refractivity contribution in [1.82, 2.24) is 5.43 Å². The van der Waals surface area contributed by atoms with Crippen molar-refractivity contribution in [3.63, 3.8) is 0 Å². The minimum absolute atomic E-state index is 0.344. The fourth-order valence-electron chi connectivity index (χ4n) is 1.96. The topological polar surface area (TPSA) is 47.3 Å². The van der Waals surface area contributed by atoms with Crippen LogP contribution < -0.4 is 16.0 Å². The van der Waals surface area contributed by atoms with Gasteiger partial charge in [-0.25, -0.2) is 9.82 Å². The van der Waals surface area contributed by atoms with Gasteiger partial charge in [0.2, 0.25) is 0 Å². The van der Waals surface area contributed by atoms with Gasteiger partial charge in [-0.2, -0.15) is 0 Å². The van der Waals surface area contributed by atoms with Gasteiger partial charge in [-0.05, 0) is 45.3 Å². The van der Waals surface area contributed by atoms with E-state index in [1.807, 2.05) is 6.07 Å². The zero-order valence-electron chi connectivity index (χ0n) is 10.7. The number of rotatable bonds is 4. The van der Waals surface area contributed by atoms with Crippen LogP contribution in [0.3, 0.4) is 0 Å². The molecule has 1 unspecified atom stereocenters. The van der Waals surface area contributed by atoms with E-state index >= 15 is 0 Å². The number of methoxy groups -OCH3 is 1. The number of hydrogen-bond acceptors (Lipinski definition) is 3. The highest BCUT2D eigenvalue weighted by Gasteiger charge is 2.18. The largest absolute Gasteiger partial charge is 0.495 e. The van der Waals surface area contributed by atoms with Gasteiger partial charge in [0, 0.05) is 0 Å². The quantitative estimate of drug-likeness (QED) is 0.645. The molecule has 1 atom stereocenters. The summed E-state index contributed by atoms with van der Waals surface area (Å²) in [6, 6.07) is 9.71. The first kappa shape index (κ1) is 15.3. The average Bonchev–Trinajstić information content (AvgIpc) is 2.45. The highest BCUT2D eigenvalue weighted by Crippen LogP contribution is 2.33. The second kappa shape index (κ2) is 6.54. The molecule has 0 aliphatic carbocycles. The van der Waals surface area contributed by atoms with Crippen LogP contribution in [0.4, 0.5) is 4.39 Å². The molecule has 0 spiro atoms. The van der Waals surface area contributed by atoms with Crippen LogP contribution in [0.15, 0.2) is 40.9 Å². The van der Waals surface area contributed by atoms with Gasteiger partial charge in [0.25, 0.3) is 0 Å². The number of nitrogens with one attached hydrogen (secondary N) is 1. The van der Waals surface area contributed by atoms with E-state index in [-0.39, 0.29) is 11.9 Å². The van der Waals surface area contributed by atoms with Gasteiger partial charge in [-0.1, -0.05) is 29.8 Å². The summed E-state index contributed by atoms with van der Waals surface area (Å²) in [7, 11) is 1.54. The molecule has 0 heterocycles. The van der Waals surface area contributed by atoms with E-state index in [1.54, 1.807) is 24.3 Å². The van der Waals surface area contributed by atoms with Crippen LogP contribution in [-0.4, -0.2) is 7.11 Å². The number of nitrogens with two attached hydrogens (primary N) is 1. The lowest BCUT2D eigenvalue weighted by Crippen LogP contribution is -2.29. The Morgan fingerprint density at radius 1 is 1.35 bits per heavy atom. The number of benzene rings is 2. The van der Waals surface area contributed by atoms with Crippen molar-refractivity contribution in [1.29, 1.82) is 0 Å². The molecule has 0 bridgehead atoms. The number of hydrazine groups is 1. The van der Waals surface area contributed by atoms with Crippen molar-refractivity contribution in [3.8, 4) is 5.75 Å². The third-order valence-electron chi connectivity index (χ3n) is 2.97. The molecule has 20 heavy (non-hydrogen) atoms. The van der Waals surface area contributed by atoms with E-state index in [9.17, 15) is 4.39 Å². The van der Waals surface area contributed by atoms with Gasteiger partial charge < -0.3 is 4.74 Å². The number of hydrogen-bond donors (Lipinski definition) is 2. The monoisotopic (exact) mass is 358 g/mol. The highest BCUT2D eigenvalue weighted by atomic mass is 79.9. The van der Waals surface area contributed by atoms with Gasteiger partial charge in [0.1, 0.15) is 11.6 Å². The van der Waals surface area contributed by atoms with Crippen LogP contribution in [0.25, 0.3) is 0 Å². The summed E-state index contributed by atoms with van der Waals surface area (Å²) in [6.45, 7) is 0. The summed E-state index contributed by atoms with van der Waals surface area (Å²) in [5.74, 6) is 5.81. The summed E-state index contributed by atoms with van der Waals surface area (Å²) in [5.41, 5.74) is 4.19. The highest BCUT2D eigenvalue weighted by molar-refractivity contribution is 9.10. The maximum Gasteiger partial charge on any atom is 0.137 e.